The number of ether oxygens (including phenoxy) is 1. The first kappa shape index (κ1) is 19.1. The van der Waals surface area contributed by atoms with Gasteiger partial charge in [-0.25, -0.2) is 4.68 Å². The first-order chi connectivity index (χ1) is 13.6. The quantitative estimate of drug-likeness (QED) is 0.562. The van der Waals surface area contributed by atoms with Crippen molar-refractivity contribution >= 4 is 33.6 Å². The van der Waals surface area contributed by atoms with E-state index in [1.165, 1.54) is 0 Å². The van der Waals surface area contributed by atoms with Gasteiger partial charge in [-0.3, -0.25) is 4.79 Å². The van der Waals surface area contributed by atoms with Crippen LogP contribution in [0.25, 0.3) is 5.69 Å². The van der Waals surface area contributed by atoms with E-state index in [4.69, 9.17) is 4.74 Å². The Morgan fingerprint density at radius 2 is 2.04 bits per heavy atom. The van der Waals surface area contributed by atoms with Crippen LogP contribution in [0, 0.1) is 6.92 Å². The second kappa shape index (κ2) is 8.01. The largest absolute Gasteiger partial charge is 0.496 e. The Morgan fingerprint density at radius 1 is 1.25 bits per heavy atom. The molecule has 0 N–H and O–H groups in total. The van der Waals surface area contributed by atoms with E-state index >= 15 is 0 Å². The second-order valence-electron chi connectivity index (χ2n) is 6.51. The minimum Gasteiger partial charge on any atom is -0.496 e. The van der Waals surface area contributed by atoms with E-state index in [1.54, 1.807) is 25.1 Å². The molecule has 0 spiro atoms. The SMILES string of the molecule is COc1ccc(C2SCCN2C(=O)c2cnn(-c3ccccc3)c2C)cc1Br. The van der Waals surface area contributed by atoms with Gasteiger partial charge in [0, 0.05) is 12.3 Å². The van der Waals surface area contributed by atoms with Crippen LogP contribution >= 0.6 is 27.7 Å². The van der Waals surface area contributed by atoms with Crippen LogP contribution in [0.5, 0.6) is 5.75 Å². The van der Waals surface area contributed by atoms with Crippen molar-refractivity contribution < 1.29 is 9.53 Å². The molecule has 2 aromatic carbocycles. The molecule has 1 saturated heterocycles. The number of benzene rings is 2. The fourth-order valence-electron chi connectivity index (χ4n) is 3.39. The number of methoxy groups -OCH3 is 1. The van der Waals surface area contributed by atoms with Gasteiger partial charge in [-0.05, 0) is 52.7 Å². The third-order valence-corrected chi connectivity index (χ3v) is 6.73. The Hall–Kier alpha value is -2.25. The van der Waals surface area contributed by atoms with Crippen LogP contribution < -0.4 is 4.74 Å². The first-order valence-electron chi connectivity index (χ1n) is 8.96. The molecule has 0 saturated carbocycles. The number of hydrogen-bond acceptors (Lipinski definition) is 4. The fraction of sp³-hybridized carbons (Fsp3) is 0.238. The van der Waals surface area contributed by atoms with Crippen molar-refractivity contribution in [1.29, 1.82) is 0 Å². The molecule has 7 heteroatoms. The van der Waals surface area contributed by atoms with Crippen molar-refractivity contribution in [2.45, 2.75) is 12.3 Å². The summed E-state index contributed by atoms with van der Waals surface area (Å²) in [5.74, 6) is 1.71. The lowest BCUT2D eigenvalue weighted by atomic mass is 10.1. The van der Waals surface area contributed by atoms with Gasteiger partial charge in [0.1, 0.15) is 11.1 Å². The summed E-state index contributed by atoms with van der Waals surface area (Å²) in [6.07, 6.45) is 1.68. The second-order valence-corrected chi connectivity index (χ2v) is 8.55. The van der Waals surface area contributed by atoms with Crippen molar-refractivity contribution in [3.63, 3.8) is 0 Å². The Labute approximate surface area is 176 Å². The Balaban J connectivity index is 1.63. The maximum absolute atomic E-state index is 13.3. The highest BCUT2D eigenvalue weighted by Crippen LogP contribution is 2.41. The summed E-state index contributed by atoms with van der Waals surface area (Å²) < 4.78 is 8.03. The summed E-state index contributed by atoms with van der Waals surface area (Å²) in [7, 11) is 1.65. The fourth-order valence-corrected chi connectivity index (χ4v) is 5.20. The van der Waals surface area contributed by atoms with E-state index in [0.29, 0.717) is 12.1 Å². The molecule has 1 aliphatic heterocycles. The van der Waals surface area contributed by atoms with E-state index in [0.717, 1.165) is 32.9 Å². The number of para-hydroxylation sites is 1. The zero-order valence-electron chi connectivity index (χ0n) is 15.6. The predicted molar refractivity (Wildman–Crippen MR) is 115 cm³/mol. The molecule has 1 aromatic heterocycles. The topological polar surface area (TPSA) is 47.4 Å². The van der Waals surface area contributed by atoms with E-state index in [9.17, 15) is 4.79 Å². The minimum atomic E-state index is -0.0193. The third kappa shape index (κ3) is 3.44. The summed E-state index contributed by atoms with van der Waals surface area (Å²) in [6, 6.07) is 15.8. The molecule has 0 aliphatic carbocycles. The number of aromatic nitrogens is 2. The lowest BCUT2D eigenvalue weighted by Gasteiger charge is -2.24. The highest BCUT2D eigenvalue weighted by Gasteiger charge is 2.33. The molecule has 0 bridgehead atoms. The average molecular weight is 458 g/mol. The number of carbonyl (C=O) groups is 1. The molecule has 3 aromatic rings. The Morgan fingerprint density at radius 3 is 2.75 bits per heavy atom. The van der Waals surface area contributed by atoms with Gasteiger partial charge < -0.3 is 9.64 Å². The summed E-state index contributed by atoms with van der Waals surface area (Å²) in [4.78, 5) is 15.3. The van der Waals surface area contributed by atoms with Gasteiger partial charge in [0.2, 0.25) is 0 Å². The molecule has 1 amide bonds. The number of hydrogen-bond donors (Lipinski definition) is 0. The molecule has 2 heterocycles. The van der Waals surface area contributed by atoms with Crippen molar-refractivity contribution in [2.24, 2.45) is 0 Å². The number of halogens is 1. The summed E-state index contributed by atoms with van der Waals surface area (Å²) >= 11 is 5.32. The summed E-state index contributed by atoms with van der Waals surface area (Å²) in [5.41, 5.74) is 3.52. The molecule has 1 atom stereocenters. The standard InChI is InChI=1S/C21H20BrN3O2S/c1-14-17(13-23-25(14)16-6-4-3-5-7-16)20(26)24-10-11-28-21(24)15-8-9-19(27-2)18(22)12-15/h3-9,12-13,21H,10-11H2,1-2H3. The van der Waals surface area contributed by atoms with Crippen LogP contribution in [0.4, 0.5) is 0 Å². The van der Waals surface area contributed by atoms with E-state index in [-0.39, 0.29) is 11.3 Å². The lowest BCUT2D eigenvalue weighted by Crippen LogP contribution is -2.30. The van der Waals surface area contributed by atoms with E-state index in [1.807, 2.05) is 65.0 Å². The zero-order valence-corrected chi connectivity index (χ0v) is 18.0. The number of nitrogens with zero attached hydrogens (tertiary/aromatic N) is 3. The van der Waals surface area contributed by atoms with Gasteiger partial charge >= 0.3 is 0 Å². The molecule has 5 nitrogen and oxygen atoms in total. The minimum absolute atomic E-state index is 0.0154. The molecule has 144 valence electrons. The van der Waals surface area contributed by atoms with Gasteiger partial charge in [0.25, 0.3) is 5.91 Å². The highest BCUT2D eigenvalue weighted by atomic mass is 79.9. The Bertz CT molecular complexity index is 1010. The van der Waals surface area contributed by atoms with Gasteiger partial charge in [0.05, 0.1) is 34.7 Å². The van der Waals surface area contributed by atoms with Crippen LogP contribution in [-0.4, -0.2) is 40.0 Å². The van der Waals surface area contributed by atoms with Crippen molar-refractivity contribution in [2.75, 3.05) is 19.4 Å². The van der Waals surface area contributed by atoms with Gasteiger partial charge in [-0.2, -0.15) is 5.10 Å². The normalized spacial score (nSPS) is 16.4. The first-order valence-corrected chi connectivity index (χ1v) is 10.8. The average Bonchev–Trinajstić information content (AvgIpc) is 3.35. The Kier molecular flexibility index (Phi) is 5.46. The maximum atomic E-state index is 13.3. The lowest BCUT2D eigenvalue weighted by molar-refractivity contribution is 0.0759. The van der Waals surface area contributed by atoms with Crippen LogP contribution in [-0.2, 0) is 0 Å². The molecule has 4 rings (SSSR count). The monoisotopic (exact) mass is 457 g/mol. The highest BCUT2D eigenvalue weighted by molar-refractivity contribution is 9.10. The molecular formula is C21H20BrN3O2S. The molecule has 1 unspecified atom stereocenters. The molecule has 28 heavy (non-hydrogen) atoms. The summed E-state index contributed by atoms with van der Waals surface area (Å²) in [6.45, 7) is 2.66. The third-order valence-electron chi connectivity index (χ3n) is 4.85. The molecule has 1 aliphatic rings. The number of amides is 1. The predicted octanol–water partition coefficient (Wildman–Crippen LogP) is 4.84. The van der Waals surface area contributed by atoms with Crippen molar-refractivity contribution in [3.05, 3.63) is 76.0 Å². The molecule has 1 fully saturated rings. The van der Waals surface area contributed by atoms with E-state index < -0.39 is 0 Å². The van der Waals surface area contributed by atoms with Crippen molar-refractivity contribution in [1.82, 2.24) is 14.7 Å². The van der Waals surface area contributed by atoms with Gasteiger partial charge in [-0.1, -0.05) is 24.3 Å². The van der Waals surface area contributed by atoms with Crippen LogP contribution in [0.2, 0.25) is 0 Å². The van der Waals surface area contributed by atoms with Crippen LogP contribution in [0.15, 0.2) is 59.2 Å². The van der Waals surface area contributed by atoms with Crippen LogP contribution in [0.1, 0.15) is 27.0 Å². The number of carbonyl (C=O) groups excluding carboxylic acids is 1. The summed E-state index contributed by atoms with van der Waals surface area (Å²) in [5, 5.41) is 4.43. The van der Waals surface area contributed by atoms with Crippen molar-refractivity contribution in [3.8, 4) is 11.4 Å². The van der Waals surface area contributed by atoms with Gasteiger partial charge in [0.15, 0.2) is 0 Å². The van der Waals surface area contributed by atoms with Crippen LogP contribution in [0.3, 0.4) is 0 Å². The maximum Gasteiger partial charge on any atom is 0.258 e. The van der Waals surface area contributed by atoms with E-state index in [2.05, 4.69) is 21.0 Å². The number of thioether (sulfide) groups is 1. The molecule has 0 radical (unpaired) electrons. The zero-order chi connectivity index (χ0) is 19.7. The van der Waals surface area contributed by atoms with Gasteiger partial charge in [-0.15, -0.1) is 11.8 Å². The smallest absolute Gasteiger partial charge is 0.258 e. The number of rotatable bonds is 4. The molecular weight excluding hydrogens is 438 g/mol.